The van der Waals surface area contributed by atoms with Crippen LogP contribution in [0.1, 0.15) is 30.4 Å². The number of hydrogen-bond acceptors (Lipinski definition) is 3. The first-order valence-electron chi connectivity index (χ1n) is 6.57. The molecule has 0 aliphatic carbocycles. The summed E-state index contributed by atoms with van der Waals surface area (Å²) in [4.78, 5) is 11.8. The molecular formula is C14H14F3N3O. The van der Waals surface area contributed by atoms with E-state index in [1.807, 2.05) is 0 Å². The van der Waals surface area contributed by atoms with Crippen LogP contribution in [0, 0.1) is 11.3 Å². The van der Waals surface area contributed by atoms with Gasteiger partial charge in [-0.2, -0.15) is 18.4 Å². The summed E-state index contributed by atoms with van der Waals surface area (Å²) in [6, 6.07) is 4.09. The molecule has 2 N–H and O–H groups in total. The van der Waals surface area contributed by atoms with E-state index in [0.717, 1.165) is 25.0 Å². The second-order valence-corrected chi connectivity index (χ2v) is 4.85. The van der Waals surface area contributed by atoms with Gasteiger partial charge < -0.3 is 10.6 Å². The molecule has 0 bridgehead atoms. The van der Waals surface area contributed by atoms with Crippen LogP contribution in [-0.2, 0) is 11.0 Å². The second-order valence-electron chi connectivity index (χ2n) is 4.85. The molecule has 1 aliphatic heterocycles. The van der Waals surface area contributed by atoms with Crippen molar-refractivity contribution in [1.29, 1.82) is 5.26 Å². The summed E-state index contributed by atoms with van der Waals surface area (Å²) in [6.45, 7) is 0.592. The maximum absolute atomic E-state index is 12.6. The van der Waals surface area contributed by atoms with Crippen molar-refractivity contribution >= 4 is 11.6 Å². The number of alkyl halides is 3. The van der Waals surface area contributed by atoms with E-state index in [1.54, 1.807) is 6.07 Å². The van der Waals surface area contributed by atoms with Crippen LogP contribution < -0.4 is 10.6 Å². The topological polar surface area (TPSA) is 64.9 Å². The molecule has 1 aromatic carbocycles. The van der Waals surface area contributed by atoms with Crippen molar-refractivity contribution in [2.24, 2.45) is 0 Å². The maximum atomic E-state index is 12.6. The molecule has 0 aromatic heterocycles. The zero-order valence-corrected chi connectivity index (χ0v) is 11.1. The van der Waals surface area contributed by atoms with Gasteiger partial charge in [-0.3, -0.25) is 4.79 Å². The Morgan fingerprint density at radius 3 is 2.76 bits per heavy atom. The van der Waals surface area contributed by atoms with Crippen LogP contribution in [0.25, 0.3) is 0 Å². The Morgan fingerprint density at radius 1 is 1.33 bits per heavy atom. The van der Waals surface area contributed by atoms with Crippen LogP contribution >= 0.6 is 0 Å². The normalized spacial score (nSPS) is 19.3. The fraction of sp³-hybridized carbons (Fsp3) is 0.429. The lowest BCUT2D eigenvalue weighted by Crippen LogP contribution is -2.38. The van der Waals surface area contributed by atoms with Crippen molar-refractivity contribution in [3.8, 4) is 6.07 Å². The van der Waals surface area contributed by atoms with E-state index in [-0.39, 0.29) is 17.2 Å². The summed E-state index contributed by atoms with van der Waals surface area (Å²) >= 11 is 0. The first-order valence-corrected chi connectivity index (χ1v) is 6.57. The van der Waals surface area contributed by atoms with Gasteiger partial charge in [0.25, 0.3) is 0 Å². The molecule has 1 aliphatic rings. The van der Waals surface area contributed by atoms with Gasteiger partial charge in [-0.05, 0) is 37.5 Å². The molecule has 1 saturated heterocycles. The van der Waals surface area contributed by atoms with Crippen molar-refractivity contribution in [3.05, 3.63) is 29.3 Å². The molecule has 112 valence electrons. The summed E-state index contributed by atoms with van der Waals surface area (Å²) in [5.74, 6) is -0.198. The lowest BCUT2D eigenvalue weighted by atomic mass is 10.1. The van der Waals surface area contributed by atoms with Crippen molar-refractivity contribution in [1.82, 2.24) is 5.32 Å². The maximum Gasteiger partial charge on any atom is 0.416 e. The zero-order valence-electron chi connectivity index (χ0n) is 11.1. The molecule has 21 heavy (non-hydrogen) atoms. The number of benzene rings is 1. The minimum Gasteiger partial charge on any atom is -0.373 e. The molecule has 0 radical (unpaired) electrons. The molecule has 1 amide bonds. The smallest absolute Gasteiger partial charge is 0.373 e. The number of rotatable bonds is 2. The van der Waals surface area contributed by atoms with Crippen LogP contribution in [-0.4, -0.2) is 18.5 Å². The van der Waals surface area contributed by atoms with Gasteiger partial charge in [0, 0.05) is 6.54 Å². The fourth-order valence-corrected chi connectivity index (χ4v) is 2.20. The highest BCUT2D eigenvalue weighted by molar-refractivity contribution is 5.85. The summed E-state index contributed by atoms with van der Waals surface area (Å²) < 4.78 is 37.8. The van der Waals surface area contributed by atoms with Gasteiger partial charge in [-0.1, -0.05) is 0 Å². The Morgan fingerprint density at radius 2 is 2.10 bits per heavy atom. The average molecular weight is 297 g/mol. The van der Waals surface area contributed by atoms with Crippen LogP contribution in [0.2, 0.25) is 0 Å². The molecule has 1 aromatic rings. The van der Waals surface area contributed by atoms with E-state index < -0.39 is 17.8 Å². The third-order valence-corrected chi connectivity index (χ3v) is 3.33. The van der Waals surface area contributed by atoms with Crippen molar-refractivity contribution in [2.75, 3.05) is 11.9 Å². The van der Waals surface area contributed by atoms with Gasteiger partial charge in [0.05, 0.1) is 16.8 Å². The van der Waals surface area contributed by atoms with E-state index in [4.69, 9.17) is 5.26 Å². The number of hydrogen-bond donors (Lipinski definition) is 2. The lowest BCUT2D eigenvalue weighted by molar-refractivity contribution is -0.137. The van der Waals surface area contributed by atoms with Crippen LogP contribution in [0.5, 0.6) is 0 Å². The van der Waals surface area contributed by atoms with Crippen LogP contribution in [0.3, 0.4) is 0 Å². The lowest BCUT2D eigenvalue weighted by Gasteiger charge is -2.18. The van der Waals surface area contributed by atoms with E-state index in [1.165, 1.54) is 6.07 Å². The van der Waals surface area contributed by atoms with E-state index >= 15 is 0 Å². The summed E-state index contributed by atoms with van der Waals surface area (Å²) in [7, 11) is 0. The highest BCUT2D eigenvalue weighted by Gasteiger charge is 2.31. The number of nitrogens with one attached hydrogen (secondary N) is 2. The van der Waals surface area contributed by atoms with Gasteiger partial charge in [-0.25, -0.2) is 0 Å². The predicted molar refractivity (Wildman–Crippen MR) is 70.4 cm³/mol. The number of halogens is 3. The average Bonchev–Trinajstić information content (AvgIpc) is 2.63. The Balaban J connectivity index is 2.24. The molecule has 1 fully saturated rings. The Hall–Kier alpha value is -2.23. The quantitative estimate of drug-likeness (QED) is 0.882. The number of carbonyl (C=O) groups excluding carboxylic acids is 1. The predicted octanol–water partition coefficient (Wildman–Crippen LogP) is 2.66. The zero-order chi connectivity index (χ0) is 15.5. The third-order valence-electron chi connectivity index (χ3n) is 3.33. The van der Waals surface area contributed by atoms with E-state index in [2.05, 4.69) is 10.6 Å². The molecule has 0 saturated carbocycles. The van der Waals surface area contributed by atoms with Gasteiger partial charge in [0.1, 0.15) is 12.1 Å². The molecule has 1 unspecified atom stereocenters. The van der Waals surface area contributed by atoms with Crippen LogP contribution in [0.4, 0.5) is 18.9 Å². The minimum absolute atomic E-state index is 0.123. The number of nitrogens with zero attached hydrogens (tertiary/aromatic N) is 1. The molecule has 4 nitrogen and oxygen atoms in total. The molecule has 7 heteroatoms. The molecule has 1 heterocycles. The van der Waals surface area contributed by atoms with Crippen molar-refractivity contribution in [3.63, 3.8) is 0 Å². The number of carbonyl (C=O) groups is 1. The second kappa shape index (κ2) is 6.04. The Kier molecular flexibility index (Phi) is 4.36. The van der Waals surface area contributed by atoms with Crippen molar-refractivity contribution in [2.45, 2.75) is 31.5 Å². The largest absolute Gasteiger partial charge is 0.416 e. The Bertz CT molecular complexity index is 578. The molecule has 1 atom stereocenters. The SMILES string of the molecule is N#Cc1cc(C(F)(F)F)ccc1NC1CCCCNC1=O. The van der Waals surface area contributed by atoms with E-state index in [0.29, 0.717) is 13.0 Å². The number of amides is 1. The number of anilines is 1. The first kappa shape index (κ1) is 15.2. The summed E-state index contributed by atoms with van der Waals surface area (Å²) in [5, 5.41) is 14.6. The summed E-state index contributed by atoms with van der Waals surface area (Å²) in [6.07, 6.45) is -2.22. The standard InChI is InChI=1S/C14H14F3N3O/c15-14(16,17)10-4-5-11(9(7-10)8-18)20-12-3-1-2-6-19-13(12)21/h4-5,7,12,20H,1-3,6H2,(H,19,21). The monoisotopic (exact) mass is 297 g/mol. The van der Waals surface area contributed by atoms with Crippen LogP contribution in [0.15, 0.2) is 18.2 Å². The van der Waals surface area contributed by atoms with Gasteiger partial charge in [0.2, 0.25) is 5.91 Å². The fourth-order valence-electron chi connectivity index (χ4n) is 2.20. The number of nitriles is 1. The van der Waals surface area contributed by atoms with Gasteiger partial charge in [-0.15, -0.1) is 0 Å². The Labute approximate surface area is 119 Å². The summed E-state index contributed by atoms with van der Waals surface area (Å²) in [5.41, 5.74) is -0.760. The highest BCUT2D eigenvalue weighted by Crippen LogP contribution is 2.32. The highest BCUT2D eigenvalue weighted by atomic mass is 19.4. The first-order chi connectivity index (χ1) is 9.91. The molecular weight excluding hydrogens is 283 g/mol. The molecule has 2 rings (SSSR count). The van der Waals surface area contributed by atoms with Gasteiger partial charge in [0.15, 0.2) is 0 Å². The third kappa shape index (κ3) is 3.66. The van der Waals surface area contributed by atoms with E-state index in [9.17, 15) is 18.0 Å². The molecule has 0 spiro atoms. The van der Waals surface area contributed by atoms with Crippen molar-refractivity contribution < 1.29 is 18.0 Å². The minimum atomic E-state index is -4.50. The van der Waals surface area contributed by atoms with Gasteiger partial charge >= 0.3 is 6.18 Å².